The Kier molecular flexibility index (Phi) is 9.90. The molecule has 8 heteroatoms. The van der Waals surface area contributed by atoms with Crippen LogP contribution < -0.4 is 15.5 Å². The van der Waals surface area contributed by atoms with Crippen LogP contribution in [0.15, 0.2) is 53.5 Å². The second-order valence-corrected chi connectivity index (χ2v) is 7.36. The van der Waals surface area contributed by atoms with Gasteiger partial charge in [0.15, 0.2) is 5.96 Å². The predicted octanol–water partition coefficient (Wildman–Crippen LogP) is 3.65. The topological polar surface area (TPSA) is 80.2 Å². The van der Waals surface area contributed by atoms with Gasteiger partial charge in [0.1, 0.15) is 5.75 Å². The van der Waals surface area contributed by atoms with E-state index in [1.807, 2.05) is 49.4 Å². The molecule has 0 aromatic heterocycles. The molecule has 0 radical (unpaired) electrons. The number of aliphatic imine (C=N–C) groups is 1. The van der Waals surface area contributed by atoms with E-state index in [-0.39, 0.29) is 29.9 Å². The summed E-state index contributed by atoms with van der Waals surface area (Å²) in [7, 11) is 1.80. The van der Waals surface area contributed by atoms with E-state index in [9.17, 15) is 9.90 Å². The van der Waals surface area contributed by atoms with Gasteiger partial charge in [0.2, 0.25) is 5.91 Å². The number of para-hydroxylation sites is 2. The number of carbonyl (C=O) groups excluding carboxylic acids is 1. The fourth-order valence-corrected chi connectivity index (χ4v) is 3.56. The van der Waals surface area contributed by atoms with Crippen molar-refractivity contribution in [1.29, 1.82) is 0 Å². The van der Waals surface area contributed by atoms with Gasteiger partial charge >= 0.3 is 0 Å². The van der Waals surface area contributed by atoms with E-state index < -0.39 is 0 Å². The number of phenols is 1. The lowest BCUT2D eigenvalue weighted by molar-refractivity contribution is -0.116. The van der Waals surface area contributed by atoms with E-state index in [0.717, 1.165) is 55.5 Å². The van der Waals surface area contributed by atoms with E-state index >= 15 is 0 Å². The molecule has 0 spiro atoms. The second kappa shape index (κ2) is 12.4. The van der Waals surface area contributed by atoms with Gasteiger partial charge in [-0.2, -0.15) is 0 Å². The van der Waals surface area contributed by atoms with Crippen LogP contribution in [0.25, 0.3) is 0 Å². The summed E-state index contributed by atoms with van der Waals surface area (Å²) in [6.45, 7) is 5.96. The Bertz CT molecular complexity index is 865. The normalized spacial score (nSPS) is 14.1. The van der Waals surface area contributed by atoms with E-state index in [4.69, 9.17) is 0 Å². The first-order valence-corrected chi connectivity index (χ1v) is 10.5. The second-order valence-electron chi connectivity index (χ2n) is 7.36. The third-order valence-corrected chi connectivity index (χ3v) is 5.18. The zero-order valence-electron chi connectivity index (χ0n) is 18.2. The van der Waals surface area contributed by atoms with Gasteiger partial charge in [0.25, 0.3) is 0 Å². The number of phenolic OH excluding ortho intramolecular Hbond substituents is 1. The SMILES string of the molecule is CCCC(=O)Nc1ccc(CNC(=NC)N2CCN(c3ccccc3O)CC2)cc1.I. The van der Waals surface area contributed by atoms with Crippen LogP contribution >= 0.6 is 24.0 Å². The highest BCUT2D eigenvalue weighted by Crippen LogP contribution is 2.27. The number of halogens is 1. The van der Waals surface area contributed by atoms with Crippen molar-refractivity contribution in [1.82, 2.24) is 10.2 Å². The third kappa shape index (κ3) is 7.02. The molecule has 2 aromatic carbocycles. The number of amides is 1. The summed E-state index contributed by atoms with van der Waals surface area (Å²) in [6, 6.07) is 15.3. The van der Waals surface area contributed by atoms with Crippen molar-refractivity contribution < 1.29 is 9.90 Å². The number of hydrogen-bond acceptors (Lipinski definition) is 4. The molecule has 2 aromatic rings. The van der Waals surface area contributed by atoms with Crippen LogP contribution in [0.3, 0.4) is 0 Å². The van der Waals surface area contributed by atoms with E-state index in [2.05, 4.69) is 25.4 Å². The molecule has 1 fully saturated rings. The van der Waals surface area contributed by atoms with Crippen molar-refractivity contribution in [2.45, 2.75) is 26.3 Å². The van der Waals surface area contributed by atoms with E-state index in [1.165, 1.54) is 0 Å². The summed E-state index contributed by atoms with van der Waals surface area (Å²) < 4.78 is 0. The van der Waals surface area contributed by atoms with Crippen LogP contribution in [0, 0.1) is 0 Å². The van der Waals surface area contributed by atoms with Crippen molar-refractivity contribution in [3.63, 3.8) is 0 Å². The Labute approximate surface area is 201 Å². The van der Waals surface area contributed by atoms with Crippen LogP contribution in [0.5, 0.6) is 5.75 Å². The first-order chi connectivity index (χ1) is 14.6. The molecule has 3 rings (SSSR count). The lowest BCUT2D eigenvalue weighted by Gasteiger charge is -2.37. The molecule has 0 unspecified atom stereocenters. The largest absolute Gasteiger partial charge is 0.506 e. The summed E-state index contributed by atoms with van der Waals surface area (Å²) in [4.78, 5) is 20.6. The summed E-state index contributed by atoms with van der Waals surface area (Å²) in [5, 5.41) is 16.4. The Morgan fingerprint density at radius 2 is 1.74 bits per heavy atom. The maximum Gasteiger partial charge on any atom is 0.224 e. The van der Waals surface area contributed by atoms with Gasteiger partial charge in [0.05, 0.1) is 5.69 Å². The number of benzene rings is 2. The number of nitrogens with zero attached hydrogens (tertiary/aromatic N) is 3. The van der Waals surface area contributed by atoms with Crippen molar-refractivity contribution in [3.05, 3.63) is 54.1 Å². The Balaban J connectivity index is 0.00000341. The minimum atomic E-state index is 0. The van der Waals surface area contributed by atoms with Gasteiger partial charge < -0.3 is 25.5 Å². The molecule has 0 saturated carbocycles. The van der Waals surface area contributed by atoms with Crippen LogP contribution in [0.4, 0.5) is 11.4 Å². The monoisotopic (exact) mass is 537 g/mol. The molecule has 1 aliphatic rings. The lowest BCUT2D eigenvalue weighted by Crippen LogP contribution is -2.52. The van der Waals surface area contributed by atoms with Crippen molar-refractivity contribution in [2.75, 3.05) is 43.4 Å². The number of hydrogen-bond donors (Lipinski definition) is 3. The number of nitrogens with one attached hydrogen (secondary N) is 2. The molecule has 1 saturated heterocycles. The van der Waals surface area contributed by atoms with E-state index in [1.54, 1.807) is 13.1 Å². The van der Waals surface area contributed by atoms with Crippen molar-refractivity contribution in [3.8, 4) is 5.75 Å². The first kappa shape index (κ1) is 24.8. The minimum absolute atomic E-state index is 0. The zero-order chi connectivity index (χ0) is 21.3. The van der Waals surface area contributed by atoms with Crippen molar-refractivity contribution in [2.24, 2.45) is 4.99 Å². The average molecular weight is 537 g/mol. The maximum atomic E-state index is 11.7. The number of carbonyl (C=O) groups is 1. The standard InChI is InChI=1S/C23H31N5O2.HI/c1-3-6-22(30)26-19-11-9-18(10-12-19)17-25-23(24-2)28-15-13-27(14-16-28)20-7-4-5-8-21(20)29;/h4-5,7-12,29H,3,6,13-17H2,1-2H3,(H,24,25)(H,26,30);1H. The molecular formula is C23H32IN5O2. The Morgan fingerprint density at radius 3 is 2.35 bits per heavy atom. The number of rotatable bonds is 6. The quantitative estimate of drug-likeness (QED) is 0.298. The minimum Gasteiger partial charge on any atom is -0.506 e. The average Bonchev–Trinajstić information content (AvgIpc) is 2.76. The lowest BCUT2D eigenvalue weighted by atomic mass is 10.2. The smallest absolute Gasteiger partial charge is 0.224 e. The van der Waals surface area contributed by atoms with E-state index in [0.29, 0.717) is 18.7 Å². The predicted molar refractivity (Wildman–Crippen MR) is 137 cm³/mol. The highest BCUT2D eigenvalue weighted by Gasteiger charge is 2.21. The molecular weight excluding hydrogens is 505 g/mol. The van der Waals surface area contributed by atoms with Crippen molar-refractivity contribution >= 4 is 47.2 Å². The fourth-order valence-electron chi connectivity index (χ4n) is 3.56. The Hall–Kier alpha value is -2.49. The van der Waals surface area contributed by atoms with Crippen LogP contribution in [-0.2, 0) is 11.3 Å². The van der Waals surface area contributed by atoms with Gasteiger partial charge in [-0.3, -0.25) is 9.79 Å². The highest BCUT2D eigenvalue weighted by atomic mass is 127. The van der Waals surface area contributed by atoms with Gasteiger partial charge in [-0.1, -0.05) is 31.2 Å². The molecule has 1 heterocycles. The number of aromatic hydroxyl groups is 1. The summed E-state index contributed by atoms with van der Waals surface area (Å²) in [5.74, 6) is 1.24. The molecule has 0 atom stereocenters. The number of piperazine rings is 1. The molecule has 3 N–H and O–H groups in total. The molecule has 1 aliphatic heterocycles. The van der Waals surface area contributed by atoms with Gasteiger partial charge in [0, 0.05) is 51.9 Å². The van der Waals surface area contributed by atoms with Gasteiger partial charge in [-0.15, -0.1) is 24.0 Å². The van der Waals surface area contributed by atoms with Gasteiger partial charge in [-0.25, -0.2) is 0 Å². The van der Waals surface area contributed by atoms with Crippen LogP contribution in [0.1, 0.15) is 25.3 Å². The van der Waals surface area contributed by atoms with Crippen LogP contribution in [0.2, 0.25) is 0 Å². The number of anilines is 2. The van der Waals surface area contributed by atoms with Gasteiger partial charge in [-0.05, 0) is 36.2 Å². The third-order valence-electron chi connectivity index (χ3n) is 5.18. The Morgan fingerprint density at radius 1 is 1.06 bits per heavy atom. The van der Waals surface area contributed by atoms with Crippen LogP contribution in [-0.4, -0.2) is 55.1 Å². The molecule has 0 aliphatic carbocycles. The summed E-state index contributed by atoms with van der Waals surface area (Å²) in [6.07, 6.45) is 1.38. The first-order valence-electron chi connectivity index (χ1n) is 10.5. The highest BCUT2D eigenvalue weighted by molar-refractivity contribution is 14.0. The summed E-state index contributed by atoms with van der Waals surface area (Å²) >= 11 is 0. The maximum absolute atomic E-state index is 11.7. The molecule has 0 bridgehead atoms. The molecule has 168 valence electrons. The number of guanidine groups is 1. The molecule has 31 heavy (non-hydrogen) atoms. The zero-order valence-corrected chi connectivity index (χ0v) is 20.5. The fraction of sp³-hybridized carbons (Fsp3) is 0.391. The molecule has 7 nitrogen and oxygen atoms in total. The summed E-state index contributed by atoms with van der Waals surface area (Å²) in [5.41, 5.74) is 2.82. The molecule has 1 amide bonds.